The van der Waals surface area contributed by atoms with Gasteiger partial charge in [0, 0.05) is 37.8 Å². The lowest BCUT2D eigenvalue weighted by molar-refractivity contribution is -0.148. The van der Waals surface area contributed by atoms with E-state index in [1.165, 1.54) is 6.07 Å². The predicted octanol–water partition coefficient (Wildman–Crippen LogP) is 2.29. The van der Waals surface area contributed by atoms with E-state index in [0.717, 1.165) is 0 Å². The third-order valence-electron chi connectivity index (χ3n) is 3.31. The predicted molar refractivity (Wildman–Crippen MR) is 66.0 cm³/mol. The van der Waals surface area contributed by atoms with E-state index in [2.05, 4.69) is 5.32 Å². The zero-order valence-corrected chi connectivity index (χ0v) is 10.5. The normalized spacial score (nSPS) is 19.3. The second-order valence-electron chi connectivity index (χ2n) is 4.68. The number of piperazine rings is 1. The van der Waals surface area contributed by atoms with Gasteiger partial charge in [-0.3, -0.25) is 4.90 Å². The fraction of sp³-hybridized carbons (Fsp3) is 0.538. The molecule has 2 N–H and O–H groups in total. The molecule has 0 radical (unpaired) electrons. The average molecular weight is 274 g/mol. The highest BCUT2D eigenvalue weighted by Crippen LogP contribution is 2.37. The summed E-state index contributed by atoms with van der Waals surface area (Å²) < 4.78 is 38.3. The lowest BCUT2D eigenvalue weighted by Gasteiger charge is -2.35. The molecular formula is C13H17F3N2O. The van der Waals surface area contributed by atoms with Gasteiger partial charge in [0.15, 0.2) is 0 Å². The number of hydrogen-bond acceptors (Lipinski definition) is 3. The Kier molecular flexibility index (Phi) is 4.31. The van der Waals surface area contributed by atoms with Gasteiger partial charge in [-0.15, -0.1) is 0 Å². The number of para-hydroxylation sites is 1. The molecule has 106 valence electrons. The summed E-state index contributed by atoms with van der Waals surface area (Å²) in [5.74, 6) is -0.0738. The van der Waals surface area contributed by atoms with Crippen molar-refractivity contribution in [2.24, 2.45) is 0 Å². The van der Waals surface area contributed by atoms with E-state index in [9.17, 15) is 18.3 Å². The SMILES string of the molecule is Oc1ccccc1[C@@H](CC(F)(F)F)N1CCNCC1. The number of aromatic hydroxyl groups is 1. The maximum absolute atomic E-state index is 12.8. The summed E-state index contributed by atoms with van der Waals surface area (Å²) >= 11 is 0. The second-order valence-corrected chi connectivity index (χ2v) is 4.68. The molecule has 0 aliphatic carbocycles. The molecule has 0 spiro atoms. The van der Waals surface area contributed by atoms with Crippen LogP contribution in [0.2, 0.25) is 0 Å². The molecule has 0 amide bonds. The van der Waals surface area contributed by atoms with Crippen molar-refractivity contribution < 1.29 is 18.3 Å². The zero-order valence-electron chi connectivity index (χ0n) is 10.5. The molecule has 1 heterocycles. The Morgan fingerprint density at radius 2 is 1.84 bits per heavy atom. The Balaban J connectivity index is 2.25. The van der Waals surface area contributed by atoms with Crippen LogP contribution in [-0.2, 0) is 0 Å². The summed E-state index contributed by atoms with van der Waals surface area (Å²) in [6.07, 6.45) is -5.19. The number of alkyl halides is 3. The first kappa shape index (κ1) is 14.1. The summed E-state index contributed by atoms with van der Waals surface area (Å²) in [7, 11) is 0. The molecule has 0 saturated carbocycles. The molecule has 1 aliphatic rings. The van der Waals surface area contributed by atoms with Crippen molar-refractivity contribution in [1.29, 1.82) is 0 Å². The van der Waals surface area contributed by atoms with Crippen LogP contribution in [0.25, 0.3) is 0 Å². The molecule has 1 aromatic carbocycles. The molecule has 0 bridgehead atoms. The molecule has 0 unspecified atom stereocenters. The largest absolute Gasteiger partial charge is 0.508 e. The molecule has 6 heteroatoms. The van der Waals surface area contributed by atoms with E-state index >= 15 is 0 Å². The van der Waals surface area contributed by atoms with Crippen molar-refractivity contribution in [2.75, 3.05) is 26.2 Å². The quantitative estimate of drug-likeness (QED) is 0.887. The Hall–Kier alpha value is -1.27. The van der Waals surface area contributed by atoms with E-state index in [-0.39, 0.29) is 5.75 Å². The fourth-order valence-electron chi connectivity index (χ4n) is 2.42. The van der Waals surface area contributed by atoms with Gasteiger partial charge in [-0.05, 0) is 6.07 Å². The van der Waals surface area contributed by atoms with E-state index in [1.54, 1.807) is 23.1 Å². The smallest absolute Gasteiger partial charge is 0.390 e. The maximum Gasteiger partial charge on any atom is 0.390 e. The minimum absolute atomic E-state index is 0.0738. The highest BCUT2D eigenvalue weighted by Gasteiger charge is 2.36. The molecule has 1 aromatic rings. The number of hydrogen-bond donors (Lipinski definition) is 2. The van der Waals surface area contributed by atoms with Crippen molar-refractivity contribution in [1.82, 2.24) is 10.2 Å². The fourth-order valence-corrected chi connectivity index (χ4v) is 2.42. The second kappa shape index (κ2) is 5.79. The summed E-state index contributed by atoms with van der Waals surface area (Å²) in [6, 6.07) is 5.44. The summed E-state index contributed by atoms with van der Waals surface area (Å²) in [5.41, 5.74) is 0.349. The van der Waals surface area contributed by atoms with Crippen molar-refractivity contribution in [3.8, 4) is 5.75 Å². The first-order valence-electron chi connectivity index (χ1n) is 6.27. The Labute approximate surface area is 110 Å². The summed E-state index contributed by atoms with van der Waals surface area (Å²) in [6.45, 7) is 2.44. The first-order chi connectivity index (χ1) is 8.97. The highest BCUT2D eigenvalue weighted by molar-refractivity contribution is 5.34. The van der Waals surface area contributed by atoms with Crippen LogP contribution in [0, 0.1) is 0 Å². The van der Waals surface area contributed by atoms with Gasteiger partial charge in [-0.25, -0.2) is 0 Å². The Morgan fingerprint density at radius 3 is 2.42 bits per heavy atom. The standard InChI is InChI=1S/C13H17F3N2O/c14-13(15,16)9-11(18-7-5-17-6-8-18)10-3-1-2-4-12(10)19/h1-4,11,17,19H,5-9H2/t11-/m1/s1. The van der Waals surface area contributed by atoms with Crippen molar-refractivity contribution in [2.45, 2.75) is 18.6 Å². The topological polar surface area (TPSA) is 35.5 Å². The van der Waals surface area contributed by atoms with Crippen LogP contribution in [-0.4, -0.2) is 42.4 Å². The highest BCUT2D eigenvalue weighted by atomic mass is 19.4. The van der Waals surface area contributed by atoms with Crippen LogP contribution in [0.3, 0.4) is 0 Å². The number of benzene rings is 1. The van der Waals surface area contributed by atoms with E-state index in [1.807, 2.05) is 0 Å². The number of nitrogens with zero attached hydrogens (tertiary/aromatic N) is 1. The number of phenolic OH excluding ortho intramolecular Hbond substituents is 1. The number of nitrogens with one attached hydrogen (secondary N) is 1. The Morgan fingerprint density at radius 1 is 1.21 bits per heavy atom. The van der Waals surface area contributed by atoms with Crippen LogP contribution in [0.5, 0.6) is 5.75 Å². The Bertz CT molecular complexity index is 417. The van der Waals surface area contributed by atoms with Gasteiger partial charge in [-0.1, -0.05) is 18.2 Å². The summed E-state index contributed by atoms with van der Waals surface area (Å²) in [4.78, 5) is 1.78. The molecular weight excluding hydrogens is 257 g/mol. The lowest BCUT2D eigenvalue weighted by Crippen LogP contribution is -2.46. The van der Waals surface area contributed by atoms with Gasteiger partial charge >= 0.3 is 6.18 Å². The van der Waals surface area contributed by atoms with E-state index in [4.69, 9.17) is 0 Å². The minimum Gasteiger partial charge on any atom is -0.508 e. The molecule has 1 saturated heterocycles. The molecule has 19 heavy (non-hydrogen) atoms. The molecule has 0 aromatic heterocycles. The third-order valence-corrected chi connectivity index (χ3v) is 3.31. The van der Waals surface area contributed by atoms with E-state index < -0.39 is 18.6 Å². The molecule has 1 atom stereocenters. The van der Waals surface area contributed by atoms with Crippen LogP contribution < -0.4 is 5.32 Å². The van der Waals surface area contributed by atoms with Crippen LogP contribution in [0.4, 0.5) is 13.2 Å². The molecule has 1 fully saturated rings. The molecule has 1 aliphatic heterocycles. The first-order valence-corrected chi connectivity index (χ1v) is 6.27. The van der Waals surface area contributed by atoms with Gasteiger partial charge in [-0.2, -0.15) is 13.2 Å². The van der Waals surface area contributed by atoms with Gasteiger partial charge < -0.3 is 10.4 Å². The van der Waals surface area contributed by atoms with Gasteiger partial charge in [0.2, 0.25) is 0 Å². The van der Waals surface area contributed by atoms with Crippen molar-refractivity contribution >= 4 is 0 Å². The summed E-state index contributed by atoms with van der Waals surface area (Å²) in [5, 5.41) is 12.9. The number of phenols is 1. The maximum atomic E-state index is 12.8. The van der Waals surface area contributed by atoms with Gasteiger partial charge in [0.05, 0.1) is 6.42 Å². The minimum atomic E-state index is -4.25. The monoisotopic (exact) mass is 274 g/mol. The molecule has 2 rings (SSSR count). The van der Waals surface area contributed by atoms with Crippen LogP contribution >= 0.6 is 0 Å². The number of halogens is 3. The lowest BCUT2D eigenvalue weighted by atomic mass is 10.00. The van der Waals surface area contributed by atoms with E-state index in [0.29, 0.717) is 31.7 Å². The molecule has 3 nitrogen and oxygen atoms in total. The zero-order chi connectivity index (χ0) is 13.9. The number of rotatable bonds is 3. The van der Waals surface area contributed by atoms with Gasteiger partial charge in [0.1, 0.15) is 5.75 Å². The van der Waals surface area contributed by atoms with Crippen LogP contribution in [0.1, 0.15) is 18.0 Å². The van der Waals surface area contributed by atoms with Crippen molar-refractivity contribution in [3.63, 3.8) is 0 Å². The average Bonchev–Trinajstić information content (AvgIpc) is 2.37. The van der Waals surface area contributed by atoms with Crippen LogP contribution in [0.15, 0.2) is 24.3 Å². The van der Waals surface area contributed by atoms with Crippen molar-refractivity contribution in [3.05, 3.63) is 29.8 Å². The van der Waals surface area contributed by atoms with Gasteiger partial charge in [0.25, 0.3) is 0 Å². The third kappa shape index (κ3) is 3.84.